The maximum absolute atomic E-state index is 13.4. The zero-order valence-corrected chi connectivity index (χ0v) is 56.8. The molecule has 17 unspecified atom stereocenters. The van der Waals surface area contributed by atoms with E-state index in [1.165, 1.54) is 193 Å². The van der Waals surface area contributed by atoms with Gasteiger partial charge in [0.15, 0.2) is 18.9 Å². The summed E-state index contributed by atoms with van der Waals surface area (Å²) in [6.07, 6.45) is 35.6. The lowest BCUT2D eigenvalue weighted by atomic mass is 9.96. The van der Waals surface area contributed by atoms with Crippen molar-refractivity contribution >= 4 is 5.91 Å². The van der Waals surface area contributed by atoms with Gasteiger partial charge < -0.3 is 89.9 Å². The van der Waals surface area contributed by atoms with E-state index in [1.807, 2.05) is 0 Å². The Labute approximate surface area is 549 Å². The molecule has 0 aromatic rings. The second kappa shape index (κ2) is 54.3. The summed E-state index contributed by atoms with van der Waals surface area (Å²) < 4.78 is 34.4. The maximum Gasteiger partial charge on any atom is 0.220 e. The molecule has 0 spiro atoms. The van der Waals surface area contributed by atoms with Crippen LogP contribution in [0.15, 0.2) is 24.3 Å². The van der Waals surface area contributed by atoms with Gasteiger partial charge in [0, 0.05) is 6.42 Å². The topological polar surface area (TPSA) is 307 Å². The molecule has 3 aliphatic rings. The summed E-state index contributed by atoms with van der Waals surface area (Å²) in [5.74, 6) is -0.253. The maximum atomic E-state index is 13.4. The van der Waals surface area contributed by atoms with Crippen LogP contribution in [0, 0.1) is 0 Å². The van der Waals surface area contributed by atoms with Crippen molar-refractivity contribution in [2.24, 2.45) is 0 Å². The van der Waals surface area contributed by atoms with Gasteiger partial charge in [-0.15, -0.1) is 0 Å². The number of carbonyl (C=O) groups excluding carboxylic acids is 1. The molecule has 0 radical (unpaired) electrons. The number of unbranched alkanes of at least 4 members (excludes halogenated alkanes) is 38. The number of hydrogen-bond donors (Lipinski definition) is 12. The number of allylic oxidation sites excluding steroid dienone is 4. The van der Waals surface area contributed by atoms with E-state index in [1.54, 1.807) is 0 Å². The van der Waals surface area contributed by atoms with E-state index < -0.39 is 124 Å². The predicted molar refractivity (Wildman–Crippen MR) is 356 cm³/mol. The summed E-state index contributed by atoms with van der Waals surface area (Å²) in [5, 5.41) is 121. The van der Waals surface area contributed by atoms with Crippen molar-refractivity contribution in [3.8, 4) is 0 Å². The Hall–Kier alpha value is -1.73. The number of rotatable bonds is 58. The number of carbonyl (C=O) groups is 1. The van der Waals surface area contributed by atoms with E-state index in [2.05, 4.69) is 43.5 Å². The Kier molecular flexibility index (Phi) is 49.8. The summed E-state index contributed by atoms with van der Waals surface area (Å²) in [4.78, 5) is 13.4. The van der Waals surface area contributed by atoms with Crippen molar-refractivity contribution in [1.82, 2.24) is 5.32 Å². The highest BCUT2D eigenvalue weighted by Crippen LogP contribution is 2.33. The molecule has 3 saturated heterocycles. The number of nitrogens with one attached hydrogen (secondary N) is 1. The van der Waals surface area contributed by atoms with Crippen molar-refractivity contribution in [2.75, 3.05) is 26.4 Å². The van der Waals surface area contributed by atoms with Gasteiger partial charge in [-0.3, -0.25) is 4.79 Å². The standard InChI is InChI=1S/C72H135NO18/c1-3-5-7-9-11-13-15-17-19-21-22-23-24-25-26-27-28-29-30-31-32-33-34-35-37-39-41-43-45-47-49-56(77)55(73-60(78)50-48-46-44-42-40-38-36-20-18-16-14-12-10-8-6-4-2)54-86-70-66(84)63(81)68(58(52-75)88-70)91-72-67(85)64(82)69(59(53-76)89-72)90-71-65(83)62(80)61(79)57(51-74)87-71/h14,16,20,36,55-59,61-72,74-77,79-85H,3-13,15,17-19,21-35,37-54H2,1-2H3,(H,73,78)/b16-14-,36-20-. The second-order valence-electron chi connectivity index (χ2n) is 26.8. The molecule has 3 heterocycles. The Morgan fingerprint density at radius 3 is 1.13 bits per heavy atom. The first-order valence-electron chi connectivity index (χ1n) is 37.1. The van der Waals surface area contributed by atoms with Gasteiger partial charge in [-0.25, -0.2) is 0 Å². The first-order valence-corrected chi connectivity index (χ1v) is 37.1. The third-order valence-electron chi connectivity index (χ3n) is 18.8. The molecule has 12 N–H and O–H groups in total. The number of aliphatic hydroxyl groups excluding tert-OH is 11. The summed E-state index contributed by atoms with van der Waals surface area (Å²) in [6, 6.07) is -0.894. The molecule has 0 saturated carbocycles. The van der Waals surface area contributed by atoms with Crippen LogP contribution < -0.4 is 5.32 Å². The van der Waals surface area contributed by atoms with Crippen LogP contribution in [0.3, 0.4) is 0 Å². The van der Waals surface area contributed by atoms with Crippen molar-refractivity contribution in [3.63, 3.8) is 0 Å². The van der Waals surface area contributed by atoms with E-state index in [4.69, 9.17) is 28.4 Å². The minimum atomic E-state index is -1.97. The Bertz CT molecular complexity index is 1750. The largest absolute Gasteiger partial charge is 0.394 e. The van der Waals surface area contributed by atoms with E-state index in [0.29, 0.717) is 12.8 Å². The van der Waals surface area contributed by atoms with Crippen LogP contribution in [0.5, 0.6) is 0 Å². The van der Waals surface area contributed by atoms with Crippen LogP contribution >= 0.6 is 0 Å². The lowest BCUT2D eigenvalue weighted by Crippen LogP contribution is -2.66. The molecule has 19 heteroatoms. The highest BCUT2D eigenvalue weighted by Gasteiger charge is 2.53. The lowest BCUT2D eigenvalue weighted by molar-refractivity contribution is -0.379. The molecule has 1 amide bonds. The summed E-state index contributed by atoms with van der Waals surface area (Å²) >= 11 is 0. The van der Waals surface area contributed by atoms with Gasteiger partial charge in [0.2, 0.25) is 5.91 Å². The molecule has 0 aliphatic carbocycles. The number of aliphatic hydroxyl groups is 11. The molecule has 19 nitrogen and oxygen atoms in total. The highest BCUT2D eigenvalue weighted by atomic mass is 16.8. The van der Waals surface area contributed by atoms with Gasteiger partial charge in [0.25, 0.3) is 0 Å². The van der Waals surface area contributed by atoms with Crippen LogP contribution in [-0.2, 0) is 33.2 Å². The van der Waals surface area contributed by atoms with Crippen molar-refractivity contribution in [1.29, 1.82) is 0 Å². The zero-order chi connectivity index (χ0) is 66.1. The van der Waals surface area contributed by atoms with Crippen molar-refractivity contribution in [3.05, 3.63) is 24.3 Å². The predicted octanol–water partition coefficient (Wildman–Crippen LogP) is 10.6. The van der Waals surface area contributed by atoms with E-state index in [0.717, 1.165) is 70.6 Å². The second-order valence-corrected chi connectivity index (χ2v) is 26.8. The SMILES string of the molecule is CCCCCC/C=C\C/C=C\CCCCCCCC(=O)NC(COC1OC(CO)C(OC2OC(CO)C(OC3OC(CO)C(O)C(O)C3O)C(O)C2O)C(O)C1O)C(O)CCCCCCCCCCCCCCCCCCCCCCCCCCCCCCCC. The van der Waals surface area contributed by atoms with Gasteiger partial charge in [-0.05, 0) is 44.9 Å². The number of amides is 1. The number of hydrogen-bond acceptors (Lipinski definition) is 18. The third kappa shape index (κ3) is 35.9. The first kappa shape index (κ1) is 83.5. The van der Waals surface area contributed by atoms with Crippen LogP contribution in [0.2, 0.25) is 0 Å². The van der Waals surface area contributed by atoms with Crippen LogP contribution in [0.25, 0.3) is 0 Å². The fourth-order valence-electron chi connectivity index (χ4n) is 12.8. The minimum absolute atomic E-state index is 0.252. The summed E-state index contributed by atoms with van der Waals surface area (Å²) in [7, 11) is 0. The van der Waals surface area contributed by atoms with Crippen LogP contribution in [0.1, 0.15) is 296 Å². The average Bonchev–Trinajstić information content (AvgIpc) is 0.851. The monoisotopic (exact) mass is 1300 g/mol. The van der Waals surface area contributed by atoms with E-state index in [9.17, 15) is 61.0 Å². The van der Waals surface area contributed by atoms with Gasteiger partial charge in [0.1, 0.15) is 73.2 Å². The van der Waals surface area contributed by atoms with Gasteiger partial charge >= 0.3 is 0 Å². The molecule has 0 aromatic heterocycles. The highest BCUT2D eigenvalue weighted by molar-refractivity contribution is 5.76. The number of ether oxygens (including phenoxy) is 6. The van der Waals surface area contributed by atoms with Crippen molar-refractivity contribution in [2.45, 2.75) is 401 Å². The molecule has 3 aliphatic heterocycles. The summed E-state index contributed by atoms with van der Waals surface area (Å²) in [6.45, 7) is 1.80. The van der Waals surface area contributed by atoms with Crippen LogP contribution in [0.4, 0.5) is 0 Å². The van der Waals surface area contributed by atoms with Crippen molar-refractivity contribution < 1.29 is 89.4 Å². The molecule has 3 rings (SSSR count). The normalized spacial score (nSPS) is 27.9. The molecule has 536 valence electrons. The molecule has 0 aromatic carbocycles. The fourth-order valence-corrected chi connectivity index (χ4v) is 12.8. The molecule has 0 bridgehead atoms. The molecule has 3 fully saturated rings. The molecule has 91 heavy (non-hydrogen) atoms. The fraction of sp³-hybridized carbons (Fsp3) is 0.931. The average molecular weight is 1300 g/mol. The lowest BCUT2D eigenvalue weighted by Gasteiger charge is -2.48. The first-order chi connectivity index (χ1) is 44.3. The molecular weight excluding hydrogens is 1170 g/mol. The van der Waals surface area contributed by atoms with Gasteiger partial charge in [-0.1, -0.05) is 269 Å². The molecular formula is C72H135NO18. The van der Waals surface area contributed by atoms with E-state index >= 15 is 0 Å². The van der Waals surface area contributed by atoms with Gasteiger partial charge in [0.05, 0.1) is 38.6 Å². The Balaban J connectivity index is 1.38. The van der Waals surface area contributed by atoms with Crippen LogP contribution in [-0.4, -0.2) is 193 Å². The Morgan fingerprint density at radius 1 is 0.396 bits per heavy atom. The van der Waals surface area contributed by atoms with Gasteiger partial charge in [-0.2, -0.15) is 0 Å². The minimum Gasteiger partial charge on any atom is -0.394 e. The van der Waals surface area contributed by atoms with E-state index in [-0.39, 0.29) is 18.9 Å². The third-order valence-corrected chi connectivity index (χ3v) is 18.8. The summed E-state index contributed by atoms with van der Waals surface area (Å²) in [5.41, 5.74) is 0. The molecule has 17 atom stereocenters. The quantitative estimate of drug-likeness (QED) is 0.0199. The zero-order valence-electron chi connectivity index (χ0n) is 56.8. The smallest absolute Gasteiger partial charge is 0.220 e. The Morgan fingerprint density at radius 2 is 0.725 bits per heavy atom.